The molecule has 0 fully saturated rings. The molecule has 1 unspecified atom stereocenters. The van der Waals surface area contributed by atoms with E-state index in [4.69, 9.17) is 4.74 Å². The number of carbonyl (C=O) groups is 3. The predicted octanol–water partition coefficient (Wildman–Crippen LogP) is 4.50. The number of benzene rings is 2. The van der Waals surface area contributed by atoms with Crippen LogP contribution < -0.4 is 10.6 Å². The number of aryl methyl sites for hydroxylation is 2. The number of anilines is 1. The van der Waals surface area contributed by atoms with Gasteiger partial charge < -0.3 is 20.3 Å². The molecular formula is C27H32N4O4. The van der Waals surface area contributed by atoms with Crippen LogP contribution in [0.25, 0.3) is 6.08 Å². The molecule has 0 spiro atoms. The molecule has 2 rings (SSSR count). The van der Waals surface area contributed by atoms with Crippen LogP contribution >= 0.6 is 0 Å². The highest BCUT2D eigenvalue weighted by Crippen LogP contribution is 2.27. The van der Waals surface area contributed by atoms with E-state index in [2.05, 4.69) is 17.2 Å². The smallest absolute Gasteiger partial charge is 0.408 e. The van der Waals surface area contributed by atoms with Crippen molar-refractivity contribution in [3.8, 4) is 6.07 Å². The first-order valence-electron chi connectivity index (χ1n) is 11.2. The lowest BCUT2D eigenvalue weighted by molar-refractivity contribution is -0.137. The molecule has 1 atom stereocenters. The second-order valence-electron chi connectivity index (χ2n) is 9.07. The van der Waals surface area contributed by atoms with Crippen LogP contribution in [0.4, 0.5) is 10.5 Å². The van der Waals surface area contributed by atoms with Crippen LogP contribution in [0.3, 0.4) is 0 Å². The Morgan fingerprint density at radius 3 is 2.34 bits per heavy atom. The third-order valence-corrected chi connectivity index (χ3v) is 5.10. The van der Waals surface area contributed by atoms with Crippen LogP contribution in [-0.2, 0) is 14.3 Å². The minimum absolute atomic E-state index is 0.363. The Bertz CT molecular complexity index is 1120. The van der Waals surface area contributed by atoms with Crippen molar-refractivity contribution in [2.75, 3.05) is 18.4 Å². The topological polar surface area (TPSA) is 112 Å². The van der Waals surface area contributed by atoms with Gasteiger partial charge in [-0.2, -0.15) is 5.26 Å². The maximum absolute atomic E-state index is 13.6. The Labute approximate surface area is 206 Å². The van der Waals surface area contributed by atoms with E-state index in [-0.39, 0.29) is 6.54 Å². The molecule has 8 heteroatoms. The molecule has 184 valence electrons. The van der Waals surface area contributed by atoms with Crippen molar-refractivity contribution in [3.05, 3.63) is 71.3 Å². The summed E-state index contributed by atoms with van der Waals surface area (Å²) in [7, 11) is 0. The number of para-hydroxylation sites is 1. The first-order valence-corrected chi connectivity index (χ1v) is 11.2. The van der Waals surface area contributed by atoms with E-state index in [9.17, 15) is 19.6 Å². The number of amides is 3. The van der Waals surface area contributed by atoms with Crippen LogP contribution in [0.1, 0.15) is 49.1 Å². The SMILES string of the molecule is C=Cc1cccc(C(C(=O)Nc2c(C)cccc2C)N(CC#N)C(=O)CNC(=O)OC(C)(C)C)c1. The average Bonchev–Trinajstić information content (AvgIpc) is 2.78. The van der Waals surface area contributed by atoms with E-state index in [1.165, 1.54) is 0 Å². The van der Waals surface area contributed by atoms with Crippen molar-refractivity contribution in [2.24, 2.45) is 0 Å². The number of hydrogen-bond acceptors (Lipinski definition) is 5. The summed E-state index contributed by atoms with van der Waals surface area (Å²) in [6.45, 7) is 11.8. The fourth-order valence-corrected chi connectivity index (χ4v) is 3.50. The number of nitriles is 1. The van der Waals surface area contributed by atoms with E-state index < -0.39 is 36.1 Å². The molecule has 0 radical (unpaired) electrons. The predicted molar refractivity (Wildman–Crippen MR) is 135 cm³/mol. The van der Waals surface area contributed by atoms with Crippen molar-refractivity contribution >= 4 is 29.7 Å². The molecule has 2 aromatic carbocycles. The van der Waals surface area contributed by atoms with Crippen LogP contribution in [0.5, 0.6) is 0 Å². The zero-order valence-electron chi connectivity index (χ0n) is 20.8. The third-order valence-electron chi connectivity index (χ3n) is 5.10. The van der Waals surface area contributed by atoms with Crippen LogP contribution in [0, 0.1) is 25.2 Å². The Morgan fingerprint density at radius 1 is 1.14 bits per heavy atom. The summed E-state index contributed by atoms with van der Waals surface area (Å²) in [6.07, 6.45) is 0.859. The van der Waals surface area contributed by atoms with Crippen molar-refractivity contribution < 1.29 is 19.1 Å². The number of ether oxygens (including phenoxy) is 1. The standard InChI is InChI=1S/C27H32N4O4/c1-7-20-12-9-13-21(16-20)24(25(33)30-23-18(2)10-8-11-19(23)3)31(15-14-28)22(32)17-29-26(34)35-27(4,5)6/h7-13,16,24H,1,15,17H2,2-6H3,(H,29,34)(H,30,33). The first-order chi connectivity index (χ1) is 16.5. The number of rotatable bonds is 8. The van der Waals surface area contributed by atoms with E-state index in [1.54, 1.807) is 45.0 Å². The fourth-order valence-electron chi connectivity index (χ4n) is 3.50. The van der Waals surface area contributed by atoms with Gasteiger partial charge in [0.25, 0.3) is 5.91 Å². The monoisotopic (exact) mass is 476 g/mol. The molecule has 0 aromatic heterocycles. The molecule has 0 bridgehead atoms. The summed E-state index contributed by atoms with van der Waals surface area (Å²) < 4.78 is 5.18. The summed E-state index contributed by atoms with van der Waals surface area (Å²) in [5.74, 6) is -1.09. The van der Waals surface area contributed by atoms with E-state index >= 15 is 0 Å². The Morgan fingerprint density at radius 2 is 1.77 bits per heavy atom. The molecule has 8 nitrogen and oxygen atoms in total. The maximum atomic E-state index is 13.6. The second-order valence-corrected chi connectivity index (χ2v) is 9.07. The summed E-state index contributed by atoms with van der Waals surface area (Å²) in [4.78, 5) is 40.0. The highest BCUT2D eigenvalue weighted by atomic mass is 16.6. The number of hydrogen-bond donors (Lipinski definition) is 2. The number of nitrogens with zero attached hydrogens (tertiary/aromatic N) is 2. The fraction of sp³-hybridized carbons (Fsp3) is 0.333. The van der Waals surface area contributed by atoms with Gasteiger partial charge in [-0.25, -0.2) is 4.79 Å². The third kappa shape index (κ3) is 7.71. The molecule has 0 saturated heterocycles. The van der Waals surface area contributed by atoms with Crippen molar-refractivity contribution in [3.63, 3.8) is 0 Å². The number of nitrogens with one attached hydrogen (secondary N) is 2. The molecule has 2 aromatic rings. The maximum Gasteiger partial charge on any atom is 0.408 e. The van der Waals surface area contributed by atoms with Gasteiger partial charge in [-0.15, -0.1) is 0 Å². The number of carbonyl (C=O) groups excluding carboxylic acids is 3. The Balaban J connectivity index is 2.42. The van der Waals surface area contributed by atoms with Gasteiger partial charge in [0.05, 0.1) is 6.07 Å². The quantitative estimate of drug-likeness (QED) is 0.545. The lowest BCUT2D eigenvalue weighted by Gasteiger charge is -2.30. The molecule has 3 amide bonds. The highest BCUT2D eigenvalue weighted by Gasteiger charge is 2.32. The first kappa shape index (κ1) is 27.1. The lowest BCUT2D eigenvalue weighted by atomic mass is 10.0. The highest BCUT2D eigenvalue weighted by molar-refractivity contribution is 5.99. The van der Waals surface area contributed by atoms with E-state index in [1.807, 2.05) is 44.2 Å². The van der Waals surface area contributed by atoms with Gasteiger partial charge in [0.1, 0.15) is 24.7 Å². The van der Waals surface area contributed by atoms with Gasteiger partial charge >= 0.3 is 6.09 Å². The normalized spacial score (nSPS) is 11.5. The van der Waals surface area contributed by atoms with Crippen molar-refractivity contribution in [1.82, 2.24) is 10.2 Å². The molecule has 0 saturated carbocycles. The van der Waals surface area contributed by atoms with E-state index in [0.717, 1.165) is 21.6 Å². The van der Waals surface area contributed by atoms with Crippen LogP contribution in [0.2, 0.25) is 0 Å². The minimum atomic E-state index is -1.12. The molecular weight excluding hydrogens is 444 g/mol. The largest absolute Gasteiger partial charge is 0.444 e. The van der Waals surface area contributed by atoms with Crippen molar-refractivity contribution in [2.45, 2.75) is 46.3 Å². The molecule has 0 aliphatic rings. The van der Waals surface area contributed by atoms with Gasteiger partial charge in [-0.05, 0) is 62.9 Å². The zero-order chi connectivity index (χ0) is 26.2. The Kier molecular flexibility index (Phi) is 9.18. The van der Waals surface area contributed by atoms with Crippen LogP contribution in [-0.4, -0.2) is 41.5 Å². The summed E-state index contributed by atoms with van der Waals surface area (Å²) in [5, 5.41) is 14.8. The van der Waals surface area contributed by atoms with Gasteiger partial charge in [0.15, 0.2) is 0 Å². The molecule has 2 N–H and O–H groups in total. The molecule has 0 aliphatic heterocycles. The van der Waals surface area contributed by atoms with Gasteiger partial charge in [-0.1, -0.05) is 49.1 Å². The van der Waals surface area contributed by atoms with Gasteiger partial charge in [-0.3, -0.25) is 9.59 Å². The summed E-state index contributed by atoms with van der Waals surface area (Å²) >= 11 is 0. The summed E-state index contributed by atoms with van der Waals surface area (Å²) in [6, 6.07) is 13.5. The molecule has 0 aliphatic carbocycles. The zero-order valence-corrected chi connectivity index (χ0v) is 20.8. The van der Waals surface area contributed by atoms with Gasteiger partial charge in [0, 0.05) is 5.69 Å². The lowest BCUT2D eigenvalue weighted by Crippen LogP contribution is -2.46. The summed E-state index contributed by atoms with van der Waals surface area (Å²) in [5.41, 5.74) is 2.89. The minimum Gasteiger partial charge on any atom is -0.444 e. The number of alkyl carbamates (subject to hydrolysis) is 1. The van der Waals surface area contributed by atoms with Gasteiger partial charge in [0.2, 0.25) is 5.91 Å². The Hall–Kier alpha value is -4.12. The molecule has 0 heterocycles. The molecule has 35 heavy (non-hydrogen) atoms. The average molecular weight is 477 g/mol. The van der Waals surface area contributed by atoms with Crippen LogP contribution in [0.15, 0.2) is 49.0 Å². The van der Waals surface area contributed by atoms with E-state index in [0.29, 0.717) is 11.3 Å². The second kappa shape index (κ2) is 11.8. The van der Waals surface area contributed by atoms with Crippen molar-refractivity contribution in [1.29, 1.82) is 5.26 Å².